The van der Waals surface area contributed by atoms with E-state index in [0.29, 0.717) is 12.5 Å². The highest BCUT2D eigenvalue weighted by atomic mass is 32.2. The average Bonchev–Trinajstić information content (AvgIpc) is 3.12. The largest absolute Gasteiger partial charge is 0.352 e. The highest BCUT2D eigenvalue weighted by Gasteiger charge is 2.31. The minimum Gasteiger partial charge on any atom is -0.352 e. The molecule has 3 unspecified atom stereocenters. The molecule has 19 heavy (non-hydrogen) atoms. The maximum absolute atomic E-state index is 11.9. The summed E-state index contributed by atoms with van der Waals surface area (Å²) in [5, 5.41) is 5.99. The number of hydrogen-bond donors (Lipinski definition) is 2. The number of carbonyl (C=O) groups is 1. The molecule has 2 aliphatic rings. The Kier molecular flexibility index (Phi) is 4.50. The van der Waals surface area contributed by atoms with E-state index in [1.165, 1.54) is 6.26 Å². The number of carbonyl (C=O) groups excluding carboxylic acids is 1. The van der Waals surface area contributed by atoms with Gasteiger partial charge in [0.25, 0.3) is 0 Å². The Morgan fingerprint density at radius 3 is 2.42 bits per heavy atom. The smallest absolute Gasteiger partial charge is 0.237 e. The van der Waals surface area contributed by atoms with Gasteiger partial charge in [0.2, 0.25) is 5.91 Å². The molecule has 0 aromatic carbocycles. The van der Waals surface area contributed by atoms with Crippen LogP contribution in [-0.4, -0.2) is 44.0 Å². The maximum Gasteiger partial charge on any atom is 0.237 e. The van der Waals surface area contributed by atoms with Crippen LogP contribution in [0.25, 0.3) is 0 Å². The fourth-order valence-corrected chi connectivity index (χ4v) is 3.85. The van der Waals surface area contributed by atoms with Crippen molar-refractivity contribution in [2.75, 3.05) is 6.26 Å². The van der Waals surface area contributed by atoms with Crippen molar-refractivity contribution in [3.05, 3.63) is 0 Å². The molecule has 2 N–H and O–H groups in total. The number of amides is 1. The van der Waals surface area contributed by atoms with Crippen LogP contribution >= 0.6 is 0 Å². The summed E-state index contributed by atoms with van der Waals surface area (Å²) in [4.78, 5) is 11.9. The highest BCUT2D eigenvalue weighted by molar-refractivity contribution is 7.91. The van der Waals surface area contributed by atoms with Gasteiger partial charge in [0.15, 0.2) is 0 Å². The lowest BCUT2D eigenvalue weighted by Crippen LogP contribution is -2.49. The van der Waals surface area contributed by atoms with E-state index in [1.54, 1.807) is 0 Å². The Labute approximate surface area is 115 Å². The van der Waals surface area contributed by atoms with Gasteiger partial charge < -0.3 is 10.6 Å². The zero-order valence-corrected chi connectivity index (χ0v) is 12.5. The quantitative estimate of drug-likeness (QED) is 0.777. The summed E-state index contributed by atoms with van der Waals surface area (Å²) in [5.41, 5.74) is 0. The minimum atomic E-state index is -2.96. The molecule has 2 fully saturated rings. The van der Waals surface area contributed by atoms with Crippen molar-refractivity contribution in [2.24, 2.45) is 0 Å². The molecule has 0 spiro atoms. The summed E-state index contributed by atoms with van der Waals surface area (Å²) in [6.07, 6.45) is 6.71. The summed E-state index contributed by atoms with van der Waals surface area (Å²) in [5.74, 6) is 0.0315. The maximum atomic E-state index is 11.9. The van der Waals surface area contributed by atoms with Gasteiger partial charge in [0.1, 0.15) is 9.84 Å². The lowest BCUT2D eigenvalue weighted by molar-refractivity contribution is -0.123. The van der Waals surface area contributed by atoms with Crippen molar-refractivity contribution in [1.29, 1.82) is 0 Å². The van der Waals surface area contributed by atoms with E-state index >= 15 is 0 Å². The first-order chi connectivity index (χ1) is 8.86. The third kappa shape index (κ3) is 4.45. The van der Waals surface area contributed by atoms with Crippen LogP contribution in [0, 0.1) is 0 Å². The Hall–Kier alpha value is -0.620. The van der Waals surface area contributed by atoms with Gasteiger partial charge >= 0.3 is 0 Å². The van der Waals surface area contributed by atoms with Gasteiger partial charge in [-0.15, -0.1) is 0 Å². The Morgan fingerprint density at radius 1 is 1.16 bits per heavy atom. The number of nitrogens with one attached hydrogen (secondary N) is 2. The van der Waals surface area contributed by atoms with Gasteiger partial charge in [0.05, 0.1) is 11.3 Å². The molecule has 0 radical (unpaired) electrons. The van der Waals surface area contributed by atoms with Gasteiger partial charge in [-0.05, 0) is 39.0 Å². The van der Waals surface area contributed by atoms with E-state index in [2.05, 4.69) is 10.6 Å². The van der Waals surface area contributed by atoms with Crippen LogP contribution in [0.15, 0.2) is 0 Å². The Balaban J connectivity index is 1.82. The molecule has 0 bridgehead atoms. The third-order valence-electron chi connectivity index (χ3n) is 4.03. The number of rotatable bonds is 5. The molecule has 0 saturated heterocycles. The SMILES string of the molecule is CC(NC1CCCC(S(C)(=O)=O)C1)C(=O)NC1CC1. The molecule has 1 amide bonds. The van der Waals surface area contributed by atoms with Crippen molar-refractivity contribution >= 4 is 15.7 Å². The van der Waals surface area contributed by atoms with Gasteiger partial charge in [-0.3, -0.25) is 4.79 Å². The minimum absolute atomic E-state index is 0.0315. The standard InChI is InChI=1S/C13H24N2O3S/c1-9(13(16)15-10-6-7-10)14-11-4-3-5-12(8-11)19(2,17)18/h9-12,14H,3-8H2,1-2H3,(H,15,16). The fraction of sp³-hybridized carbons (Fsp3) is 0.923. The first-order valence-electron chi connectivity index (χ1n) is 7.11. The van der Waals surface area contributed by atoms with Gasteiger partial charge in [-0.2, -0.15) is 0 Å². The summed E-state index contributed by atoms with van der Waals surface area (Å²) in [7, 11) is -2.96. The van der Waals surface area contributed by atoms with Crippen molar-refractivity contribution in [3.63, 3.8) is 0 Å². The molecule has 110 valence electrons. The first-order valence-corrected chi connectivity index (χ1v) is 9.07. The van der Waals surface area contributed by atoms with Gasteiger partial charge in [0, 0.05) is 18.3 Å². The Morgan fingerprint density at radius 2 is 1.84 bits per heavy atom. The normalized spacial score (nSPS) is 29.8. The summed E-state index contributed by atoms with van der Waals surface area (Å²) < 4.78 is 23.2. The third-order valence-corrected chi connectivity index (χ3v) is 5.67. The lowest BCUT2D eigenvalue weighted by atomic mass is 9.94. The van der Waals surface area contributed by atoms with E-state index in [0.717, 1.165) is 32.1 Å². The molecule has 2 aliphatic carbocycles. The van der Waals surface area contributed by atoms with Gasteiger partial charge in [-0.1, -0.05) is 6.42 Å². The predicted octanol–water partition coefficient (Wildman–Crippen LogP) is 0.599. The van der Waals surface area contributed by atoms with E-state index in [-0.39, 0.29) is 23.2 Å². The van der Waals surface area contributed by atoms with Crippen molar-refractivity contribution in [1.82, 2.24) is 10.6 Å². The molecule has 5 nitrogen and oxygen atoms in total. The topological polar surface area (TPSA) is 75.3 Å². The van der Waals surface area contributed by atoms with E-state index in [1.807, 2.05) is 6.92 Å². The number of sulfone groups is 1. The molecular weight excluding hydrogens is 264 g/mol. The van der Waals surface area contributed by atoms with Crippen LogP contribution < -0.4 is 10.6 Å². The fourth-order valence-electron chi connectivity index (χ4n) is 2.67. The molecular formula is C13H24N2O3S. The van der Waals surface area contributed by atoms with Crippen LogP contribution in [-0.2, 0) is 14.6 Å². The second-order valence-electron chi connectivity index (χ2n) is 5.99. The van der Waals surface area contributed by atoms with Gasteiger partial charge in [-0.25, -0.2) is 8.42 Å². The summed E-state index contributed by atoms with van der Waals surface area (Å²) in [6, 6.07) is 0.254. The van der Waals surface area contributed by atoms with Crippen LogP contribution in [0.1, 0.15) is 45.4 Å². The van der Waals surface area contributed by atoms with E-state index < -0.39 is 9.84 Å². The van der Waals surface area contributed by atoms with E-state index in [9.17, 15) is 13.2 Å². The average molecular weight is 288 g/mol. The zero-order chi connectivity index (χ0) is 14.0. The molecule has 3 atom stereocenters. The van der Waals surface area contributed by atoms with Crippen molar-refractivity contribution in [3.8, 4) is 0 Å². The van der Waals surface area contributed by atoms with Crippen LogP contribution in [0.2, 0.25) is 0 Å². The molecule has 0 heterocycles. The number of hydrogen-bond acceptors (Lipinski definition) is 4. The monoisotopic (exact) mass is 288 g/mol. The second-order valence-corrected chi connectivity index (χ2v) is 8.31. The molecule has 6 heteroatoms. The molecule has 0 aliphatic heterocycles. The Bertz CT molecular complexity index is 431. The van der Waals surface area contributed by atoms with E-state index in [4.69, 9.17) is 0 Å². The summed E-state index contributed by atoms with van der Waals surface area (Å²) in [6.45, 7) is 1.85. The molecule has 0 aromatic rings. The second kappa shape index (κ2) is 5.79. The first kappa shape index (κ1) is 14.8. The van der Waals surface area contributed by atoms with Crippen molar-refractivity contribution < 1.29 is 13.2 Å². The highest BCUT2D eigenvalue weighted by Crippen LogP contribution is 2.24. The van der Waals surface area contributed by atoms with Crippen LogP contribution in [0.3, 0.4) is 0 Å². The van der Waals surface area contributed by atoms with Crippen LogP contribution in [0.5, 0.6) is 0 Å². The zero-order valence-electron chi connectivity index (χ0n) is 11.7. The lowest BCUT2D eigenvalue weighted by Gasteiger charge is -2.30. The summed E-state index contributed by atoms with van der Waals surface area (Å²) >= 11 is 0. The molecule has 0 aromatic heterocycles. The molecule has 2 saturated carbocycles. The van der Waals surface area contributed by atoms with Crippen LogP contribution in [0.4, 0.5) is 0 Å². The van der Waals surface area contributed by atoms with Crippen molar-refractivity contribution in [2.45, 2.75) is 68.8 Å². The molecule has 2 rings (SSSR count). The predicted molar refractivity (Wildman–Crippen MR) is 74.7 cm³/mol.